The van der Waals surface area contributed by atoms with Crippen LogP contribution < -0.4 is 5.32 Å². The van der Waals surface area contributed by atoms with Gasteiger partial charge in [0.2, 0.25) is 0 Å². The molecular weight excluding hydrogens is 370 g/mol. The van der Waals surface area contributed by atoms with Crippen molar-refractivity contribution in [3.8, 4) is 16.9 Å². The lowest BCUT2D eigenvalue weighted by Crippen LogP contribution is -2.12. The molecule has 0 saturated heterocycles. The van der Waals surface area contributed by atoms with E-state index in [2.05, 4.69) is 10.4 Å². The van der Waals surface area contributed by atoms with Gasteiger partial charge in [0.1, 0.15) is 5.69 Å². The van der Waals surface area contributed by atoms with Crippen LogP contribution in [0.3, 0.4) is 0 Å². The largest absolute Gasteiger partial charge is 0.321 e. The second kappa shape index (κ2) is 7.71. The Morgan fingerprint density at radius 3 is 2.32 bits per heavy atom. The first-order valence-electron chi connectivity index (χ1n) is 8.90. The smallest absolute Gasteiger partial charge is 0.259 e. The summed E-state index contributed by atoms with van der Waals surface area (Å²) in [6.07, 6.45) is 1.75. The van der Waals surface area contributed by atoms with Gasteiger partial charge in [-0.1, -0.05) is 71.8 Å². The fraction of sp³-hybridized carbons (Fsp3) is 0.0435. The average Bonchev–Trinajstić information content (AvgIpc) is 3.16. The Kier molecular flexibility index (Phi) is 4.96. The van der Waals surface area contributed by atoms with E-state index in [1.807, 2.05) is 73.7 Å². The summed E-state index contributed by atoms with van der Waals surface area (Å²) < 4.78 is 1.72. The Bertz CT molecular complexity index is 1120. The molecule has 4 aromatic rings. The van der Waals surface area contributed by atoms with Crippen LogP contribution in [0.15, 0.2) is 85.1 Å². The highest BCUT2D eigenvalue weighted by Gasteiger charge is 2.19. The van der Waals surface area contributed by atoms with Gasteiger partial charge in [-0.05, 0) is 31.2 Å². The predicted molar refractivity (Wildman–Crippen MR) is 113 cm³/mol. The molecule has 5 heteroatoms. The molecule has 138 valence electrons. The van der Waals surface area contributed by atoms with Gasteiger partial charge in [0.05, 0.1) is 22.0 Å². The van der Waals surface area contributed by atoms with E-state index in [4.69, 9.17) is 11.6 Å². The van der Waals surface area contributed by atoms with Crippen molar-refractivity contribution in [1.82, 2.24) is 9.78 Å². The predicted octanol–water partition coefficient (Wildman–Crippen LogP) is 5.75. The van der Waals surface area contributed by atoms with Gasteiger partial charge in [0.15, 0.2) is 0 Å². The van der Waals surface area contributed by atoms with Crippen LogP contribution in [0.2, 0.25) is 5.02 Å². The number of aromatic nitrogens is 2. The molecule has 4 nitrogen and oxygen atoms in total. The van der Waals surface area contributed by atoms with Crippen LogP contribution in [-0.4, -0.2) is 15.7 Å². The van der Waals surface area contributed by atoms with Crippen LogP contribution in [-0.2, 0) is 0 Å². The zero-order valence-corrected chi connectivity index (χ0v) is 16.0. The molecule has 4 rings (SSSR count). The zero-order valence-electron chi connectivity index (χ0n) is 15.3. The highest BCUT2D eigenvalue weighted by molar-refractivity contribution is 6.34. The molecule has 0 bridgehead atoms. The number of nitrogens with one attached hydrogen (secondary N) is 1. The maximum Gasteiger partial charge on any atom is 0.259 e. The molecule has 3 aromatic carbocycles. The second-order valence-corrected chi connectivity index (χ2v) is 6.88. The Morgan fingerprint density at radius 2 is 1.61 bits per heavy atom. The Hall–Kier alpha value is -3.37. The molecule has 0 atom stereocenters. The molecule has 1 heterocycles. The summed E-state index contributed by atoms with van der Waals surface area (Å²) >= 11 is 6.20. The number of carbonyl (C=O) groups is 1. The van der Waals surface area contributed by atoms with Crippen LogP contribution in [0.4, 0.5) is 5.69 Å². The van der Waals surface area contributed by atoms with E-state index in [1.54, 1.807) is 23.0 Å². The van der Waals surface area contributed by atoms with Crippen LogP contribution in [0, 0.1) is 6.92 Å². The summed E-state index contributed by atoms with van der Waals surface area (Å²) in [7, 11) is 0. The van der Waals surface area contributed by atoms with Gasteiger partial charge in [-0.2, -0.15) is 5.10 Å². The number of halogens is 1. The van der Waals surface area contributed by atoms with Crippen molar-refractivity contribution in [3.05, 3.63) is 101 Å². The summed E-state index contributed by atoms with van der Waals surface area (Å²) in [5.41, 5.74) is 4.57. The third-order valence-electron chi connectivity index (χ3n) is 4.43. The van der Waals surface area contributed by atoms with Crippen molar-refractivity contribution in [3.63, 3.8) is 0 Å². The Morgan fingerprint density at radius 1 is 0.929 bits per heavy atom. The standard InChI is InChI=1S/C23H18ClN3O/c1-16-11-13-17(14-12-16)22-19(15-27(26-22)18-7-3-2-4-8-18)23(28)25-21-10-6-5-9-20(21)24/h2-15H,1H3,(H,25,28). The maximum absolute atomic E-state index is 13.0. The van der Waals surface area contributed by atoms with Gasteiger partial charge < -0.3 is 5.32 Å². The Balaban J connectivity index is 1.78. The average molecular weight is 388 g/mol. The first kappa shape index (κ1) is 18.0. The van der Waals surface area contributed by atoms with Crippen LogP contribution in [0.1, 0.15) is 15.9 Å². The Labute approximate surface area is 168 Å². The van der Waals surface area contributed by atoms with Crippen LogP contribution >= 0.6 is 11.6 Å². The highest BCUT2D eigenvalue weighted by Crippen LogP contribution is 2.27. The van der Waals surface area contributed by atoms with E-state index in [0.717, 1.165) is 16.8 Å². The van der Waals surface area contributed by atoms with Gasteiger partial charge in [0.25, 0.3) is 5.91 Å². The minimum Gasteiger partial charge on any atom is -0.321 e. The van der Waals surface area contributed by atoms with E-state index in [0.29, 0.717) is 22.0 Å². The van der Waals surface area contributed by atoms with E-state index in [1.165, 1.54) is 0 Å². The van der Waals surface area contributed by atoms with Crippen LogP contribution in [0.25, 0.3) is 16.9 Å². The lowest BCUT2D eigenvalue weighted by molar-refractivity contribution is 0.102. The van der Waals surface area contributed by atoms with E-state index >= 15 is 0 Å². The molecule has 0 radical (unpaired) electrons. The minimum atomic E-state index is -0.258. The highest BCUT2D eigenvalue weighted by atomic mass is 35.5. The van der Waals surface area contributed by atoms with Gasteiger partial charge in [-0.25, -0.2) is 4.68 Å². The quantitative estimate of drug-likeness (QED) is 0.484. The van der Waals surface area contributed by atoms with E-state index in [9.17, 15) is 4.79 Å². The number of nitrogens with zero attached hydrogens (tertiary/aromatic N) is 2. The third kappa shape index (κ3) is 3.68. The lowest BCUT2D eigenvalue weighted by atomic mass is 10.1. The summed E-state index contributed by atoms with van der Waals surface area (Å²) in [5, 5.41) is 8.07. The number of amides is 1. The van der Waals surface area contributed by atoms with Crippen molar-refractivity contribution in [2.45, 2.75) is 6.92 Å². The van der Waals surface area contributed by atoms with Crippen molar-refractivity contribution >= 4 is 23.2 Å². The van der Waals surface area contributed by atoms with Crippen molar-refractivity contribution in [2.75, 3.05) is 5.32 Å². The first-order chi connectivity index (χ1) is 13.6. The number of anilines is 1. The van der Waals surface area contributed by atoms with Gasteiger partial charge in [-0.15, -0.1) is 0 Å². The second-order valence-electron chi connectivity index (χ2n) is 6.47. The van der Waals surface area contributed by atoms with Gasteiger partial charge >= 0.3 is 0 Å². The minimum absolute atomic E-state index is 0.258. The normalized spacial score (nSPS) is 10.6. The molecule has 28 heavy (non-hydrogen) atoms. The van der Waals surface area contributed by atoms with Crippen molar-refractivity contribution in [1.29, 1.82) is 0 Å². The molecule has 1 aromatic heterocycles. The zero-order chi connectivity index (χ0) is 19.5. The number of hydrogen-bond acceptors (Lipinski definition) is 2. The molecule has 1 amide bonds. The molecule has 0 aliphatic carbocycles. The molecule has 0 fully saturated rings. The molecule has 0 aliphatic heterocycles. The SMILES string of the molecule is Cc1ccc(-c2nn(-c3ccccc3)cc2C(=O)Nc2ccccc2Cl)cc1. The lowest BCUT2D eigenvalue weighted by Gasteiger charge is -2.07. The number of rotatable bonds is 4. The van der Waals surface area contributed by atoms with Gasteiger partial charge in [-0.3, -0.25) is 4.79 Å². The summed E-state index contributed by atoms with van der Waals surface area (Å²) in [6.45, 7) is 2.03. The fourth-order valence-corrected chi connectivity index (χ4v) is 3.11. The molecule has 0 spiro atoms. The summed E-state index contributed by atoms with van der Waals surface area (Å²) in [5.74, 6) is -0.258. The molecule has 1 N–H and O–H groups in total. The summed E-state index contributed by atoms with van der Waals surface area (Å²) in [4.78, 5) is 13.0. The number of carbonyl (C=O) groups excluding carboxylic acids is 1. The fourth-order valence-electron chi connectivity index (χ4n) is 2.93. The molecule has 0 unspecified atom stereocenters. The number of benzene rings is 3. The van der Waals surface area contributed by atoms with Crippen LogP contribution in [0.5, 0.6) is 0 Å². The third-order valence-corrected chi connectivity index (χ3v) is 4.76. The van der Waals surface area contributed by atoms with E-state index in [-0.39, 0.29) is 5.91 Å². The monoisotopic (exact) mass is 387 g/mol. The van der Waals surface area contributed by atoms with E-state index < -0.39 is 0 Å². The van der Waals surface area contributed by atoms with Crippen molar-refractivity contribution in [2.24, 2.45) is 0 Å². The number of hydrogen-bond donors (Lipinski definition) is 1. The molecular formula is C23H18ClN3O. The molecule has 0 aliphatic rings. The molecule has 0 saturated carbocycles. The number of aryl methyl sites for hydroxylation is 1. The topological polar surface area (TPSA) is 46.9 Å². The van der Waals surface area contributed by atoms with Crippen molar-refractivity contribution < 1.29 is 4.79 Å². The number of para-hydroxylation sites is 2. The maximum atomic E-state index is 13.0. The first-order valence-corrected chi connectivity index (χ1v) is 9.27. The van der Waals surface area contributed by atoms with Gasteiger partial charge in [0, 0.05) is 11.8 Å². The summed E-state index contributed by atoms with van der Waals surface area (Å²) in [6, 6.07) is 24.8.